The molecule has 150 valence electrons. The third-order valence-electron chi connectivity index (χ3n) is 4.50. The Kier molecular flexibility index (Phi) is 7.19. The largest absolute Gasteiger partial charge is 0.325 e. The van der Waals surface area contributed by atoms with Gasteiger partial charge in [-0.1, -0.05) is 42.1 Å². The Balaban J connectivity index is 1.55. The SMILES string of the molecule is CCn1c(CCc2ccccc2)nnc1SCC(=O)Nc1ccc(C(C)=O)cc1. The highest BCUT2D eigenvalue weighted by molar-refractivity contribution is 7.99. The Morgan fingerprint density at radius 2 is 1.72 bits per heavy atom. The number of aryl methyl sites for hydroxylation is 2. The molecule has 7 heteroatoms. The van der Waals surface area contributed by atoms with Gasteiger partial charge in [0, 0.05) is 24.2 Å². The number of hydrogen-bond donors (Lipinski definition) is 1. The minimum absolute atomic E-state index is 0.000373. The van der Waals surface area contributed by atoms with E-state index in [1.165, 1.54) is 24.2 Å². The summed E-state index contributed by atoms with van der Waals surface area (Å²) in [6.07, 6.45) is 1.71. The number of nitrogens with zero attached hydrogens (tertiary/aromatic N) is 3. The molecule has 3 aromatic rings. The summed E-state index contributed by atoms with van der Waals surface area (Å²) in [4.78, 5) is 23.6. The van der Waals surface area contributed by atoms with Crippen molar-refractivity contribution in [1.82, 2.24) is 14.8 Å². The van der Waals surface area contributed by atoms with Crippen LogP contribution in [0.3, 0.4) is 0 Å². The van der Waals surface area contributed by atoms with Crippen molar-refractivity contribution in [1.29, 1.82) is 0 Å². The average Bonchev–Trinajstić information content (AvgIpc) is 3.13. The second-order valence-electron chi connectivity index (χ2n) is 6.60. The fraction of sp³-hybridized carbons (Fsp3) is 0.273. The van der Waals surface area contributed by atoms with Crippen LogP contribution in [0.25, 0.3) is 0 Å². The van der Waals surface area contributed by atoms with Crippen molar-refractivity contribution in [3.63, 3.8) is 0 Å². The van der Waals surface area contributed by atoms with Crippen molar-refractivity contribution in [3.05, 3.63) is 71.5 Å². The van der Waals surface area contributed by atoms with E-state index in [0.29, 0.717) is 11.3 Å². The van der Waals surface area contributed by atoms with Gasteiger partial charge in [0.1, 0.15) is 5.82 Å². The Morgan fingerprint density at radius 1 is 1.00 bits per heavy atom. The van der Waals surface area contributed by atoms with Crippen molar-refractivity contribution in [2.45, 2.75) is 38.4 Å². The number of ketones is 1. The lowest BCUT2D eigenvalue weighted by molar-refractivity contribution is -0.113. The monoisotopic (exact) mass is 408 g/mol. The minimum Gasteiger partial charge on any atom is -0.325 e. The Hall–Kier alpha value is -2.93. The molecule has 0 aliphatic rings. The Bertz CT molecular complexity index is 968. The van der Waals surface area contributed by atoms with Crippen LogP contribution in [0.5, 0.6) is 0 Å². The Labute approximate surface area is 174 Å². The molecule has 0 fully saturated rings. The van der Waals surface area contributed by atoms with Gasteiger partial charge in [-0.3, -0.25) is 9.59 Å². The molecule has 0 aliphatic heterocycles. The van der Waals surface area contributed by atoms with Gasteiger partial charge in [0.15, 0.2) is 10.9 Å². The van der Waals surface area contributed by atoms with Gasteiger partial charge in [0.2, 0.25) is 5.91 Å². The van der Waals surface area contributed by atoms with Crippen LogP contribution in [-0.4, -0.2) is 32.2 Å². The van der Waals surface area contributed by atoms with Crippen LogP contribution >= 0.6 is 11.8 Å². The van der Waals surface area contributed by atoms with E-state index in [9.17, 15) is 9.59 Å². The summed E-state index contributed by atoms with van der Waals surface area (Å²) in [6, 6.07) is 17.2. The maximum absolute atomic E-state index is 12.3. The van der Waals surface area contributed by atoms with Crippen LogP contribution in [0.15, 0.2) is 59.8 Å². The van der Waals surface area contributed by atoms with E-state index >= 15 is 0 Å². The number of hydrogen-bond acceptors (Lipinski definition) is 5. The molecule has 29 heavy (non-hydrogen) atoms. The third kappa shape index (κ3) is 5.77. The Morgan fingerprint density at radius 3 is 2.38 bits per heavy atom. The predicted molar refractivity (Wildman–Crippen MR) is 115 cm³/mol. The fourth-order valence-corrected chi connectivity index (χ4v) is 3.77. The minimum atomic E-state index is -0.123. The van der Waals surface area contributed by atoms with E-state index in [4.69, 9.17) is 0 Å². The molecule has 0 bridgehead atoms. The molecule has 1 N–H and O–H groups in total. The first-order valence-corrected chi connectivity index (χ1v) is 10.5. The lowest BCUT2D eigenvalue weighted by Crippen LogP contribution is -2.15. The van der Waals surface area contributed by atoms with Gasteiger partial charge >= 0.3 is 0 Å². The van der Waals surface area contributed by atoms with Gasteiger partial charge in [-0.05, 0) is 50.1 Å². The van der Waals surface area contributed by atoms with E-state index in [0.717, 1.165) is 30.4 Å². The summed E-state index contributed by atoms with van der Waals surface area (Å²) in [6.45, 7) is 4.33. The number of rotatable bonds is 9. The van der Waals surface area contributed by atoms with Gasteiger partial charge in [0.25, 0.3) is 0 Å². The first-order chi connectivity index (χ1) is 14.1. The summed E-state index contributed by atoms with van der Waals surface area (Å²) in [5, 5.41) is 12.2. The number of carbonyl (C=O) groups excluding carboxylic acids is 2. The number of anilines is 1. The topological polar surface area (TPSA) is 76.9 Å². The van der Waals surface area contributed by atoms with Gasteiger partial charge in [-0.2, -0.15) is 0 Å². The lowest BCUT2D eigenvalue weighted by atomic mass is 10.1. The molecule has 0 saturated heterocycles. The van der Waals surface area contributed by atoms with Crippen LogP contribution in [0, 0.1) is 0 Å². The van der Waals surface area contributed by atoms with Gasteiger partial charge < -0.3 is 9.88 Å². The fourth-order valence-electron chi connectivity index (χ4n) is 2.94. The zero-order valence-corrected chi connectivity index (χ0v) is 17.4. The van der Waals surface area contributed by atoms with Crippen LogP contribution in [0.4, 0.5) is 5.69 Å². The number of amides is 1. The number of benzene rings is 2. The number of nitrogens with one attached hydrogen (secondary N) is 1. The molecule has 1 aromatic heterocycles. The highest BCUT2D eigenvalue weighted by Gasteiger charge is 2.13. The molecular weight excluding hydrogens is 384 g/mol. The predicted octanol–water partition coefficient (Wildman–Crippen LogP) is 4.02. The van der Waals surface area contributed by atoms with Crippen molar-refractivity contribution < 1.29 is 9.59 Å². The van der Waals surface area contributed by atoms with E-state index in [2.05, 4.69) is 39.1 Å². The van der Waals surface area contributed by atoms with Crippen LogP contribution in [0.2, 0.25) is 0 Å². The van der Waals surface area contributed by atoms with Crippen LogP contribution in [-0.2, 0) is 24.2 Å². The highest BCUT2D eigenvalue weighted by Crippen LogP contribution is 2.19. The molecule has 0 radical (unpaired) electrons. The second-order valence-corrected chi connectivity index (χ2v) is 7.54. The average molecular weight is 409 g/mol. The van der Waals surface area contributed by atoms with Crippen LogP contribution in [0.1, 0.15) is 35.6 Å². The third-order valence-corrected chi connectivity index (χ3v) is 5.46. The summed E-state index contributed by atoms with van der Waals surface area (Å²) in [5.41, 5.74) is 2.56. The summed E-state index contributed by atoms with van der Waals surface area (Å²) in [7, 11) is 0. The zero-order valence-electron chi connectivity index (χ0n) is 16.6. The van der Waals surface area contributed by atoms with E-state index in [-0.39, 0.29) is 17.4 Å². The molecular formula is C22H24N4O2S. The zero-order chi connectivity index (χ0) is 20.6. The molecule has 0 atom stereocenters. The standard InChI is InChI=1S/C22H24N4O2S/c1-3-26-20(14-9-17-7-5-4-6-8-17)24-25-22(26)29-15-21(28)23-19-12-10-18(11-13-19)16(2)27/h4-8,10-13H,3,9,14-15H2,1-2H3,(H,23,28). The molecule has 1 amide bonds. The van der Waals surface area contributed by atoms with Crippen molar-refractivity contribution in [2.24, 2.45) is 0 Å². The molecule has 0 saturated carbocycles. The molecule has 0 aliphatic carbocycles. The van der Waals surface area contributed by atoms with E-state index < -0.39 is 0 Å². The highest BCUT2D eigenvalue weighted by atomic mass is 32.2. The first kappa shape index (κ1) is 20.8. The molecule has 6 nitrogen and oxygen atoms in total. The molecule has 2 aromatic carbocycles. The van der Waals surface area contributed by atoms with E-state index in [1.54, 1.807) is 24.3 Å². The first-order valence-electron chi connectivity index (χ1n) is 9.56. The summed E-state index contributed by atoms with van der Waals surface area (Å²) in [5.74, 6) is 1.05. The second kappa shape index (κ2) is 10.0. The molecule has 1 heterocycles. The molecule has 3 rings (SSSR count). The maximum atomic E-state index is 12.3. The normalized spacial score (nSPS) is 10.7. The van der Waals surface area contributed by atoms with Crippen LogP contribution < -0.4 is 5.32 Å². The smallest absolute Gasteiger partial charge is 0.234 e. The summed E-state index contributed by atoms with van der Waals surface area (Å²) >= 11 is 1.37. The van der Waals surface area contributed by atoms with E-state index in [1.807, 2.05) is 18.2 Å². The van der Waals surface area contributed by atoms with Gasteiger partial charge in [-0.25, -0.2) is 0 Å². The molecule has 0 unspecified atom stereocenters. The van der Waals surface area contributed by atoms with Crippen molar-refractivity contribution in [3.8, 4) is 0 Å². The number of aromatic nitrogens is 3. The number of Topliss-reactive ketones (excluding diaryl/α,β-unsaturated/α-hetero) is 1. The number of thioether (sulfide) groups is 1. The number of carbonyl (C=O) groups is 2. The molecule has 0 spiro atoms. The summed E-state index contributed by atoms with van der Waals surface area (Å²) < 4.78 is 2.06. The lowest BCUT2D eigenvalue weighted by Gasteiger charge is -2.08. The maximum Gasteiger partial charge on any atom is 0.234 e. The van der Waals surface area contributed by atoms with Crippen molar-refractivity contribution in [2.75, 3.05) is 11.1 Å². The quantitative estimate of drug-likeness (QED) is 0.427. The van der Waals surface area contributed by atoms with Gasteiger partial charge in [0.05, 0.1) is 5.75 Å². The van der Waals surface area contributed by atoms with Gasteiger partial charge in [-0.15, -0.1) is 10.2 Å². The van der Waals surface area contributed by atoms with Crippen molar-refractivity contribution >= 4 is 29.1 Å².